The van der Waals surface area contributed by atoms with E-state index < -0.39 is 0 Å². The molecule has 1 N–H and O–H groups in total. The molecule has 2 rings (SSSR count). The highest BCUT2D eigenvalue weighted by Crippen LogP contribution is 2.16. The summed E-state index contributed by atoms with van der Waals surface area (Å²) >= 11 is 0. The Kier molecular flexibility index (Phi) is 4.31. The summed E-state index contributed by atoms with van der Waals surface area (Å²) in [5.41, 5.74) is 1.80. The first kappa shape index (κ1) is 12.6. The first-order chi connectivity index (χ1) is 8.79. The molecule has 0 atom stereocenters. The zero-order chi connectivity index (χ0) is 12.8. The van der Waals surface area contributed by atoms with Crippen LogP contribution in [-0.4, -0.2) is 7.11 Å². The third-order valence-corrected chi connectivity index (χ3v) is 2.74. The molecule has 0 aromatic heterocycles. The molecular formula is C15H16FNO. The quantitative estimate of drug-likeness (QED) is 0.873. The van der Waals surface area contributed by atoms with Crippen molar-refractivity contribution >= 4 is 0 Å². The van der Waals surface area contributed by atoms with Gasteiger partial charge in [-0.05, 0) is 23.8 Å². The van der Waals surface area contributed by atoms with Crippen molar-refractivity contribution in [3.05, 3.63) is 65.5 Å². The molecule has 0 amide bonds. The Labute approximate surface area is 106 Å². The van der Waals surface area contributed by atoms with Crippen LogP contribution >= 0.6 is 0 Å². The van der Waals surface area contributed by atoms with Crippen molar-refractivity contribution in [2.75, 3.05) is 7.11 Å². The number of hydrogen-bond acceptors (Lipinski definition) is 2. The molecule has 0 fully saturated rings. The first-order valence-corrected chi connectivity index (χ1v) is 5.86. The van der Waals surface area contributed by atoms with Gasteiger partial charge in [0.15, 0.2) is 0 Å². The third kappa shape index (κ3) is 3.31. The normalized spacial score (nSPS) is 10.3. The van der Waals surface area contributed by atoms with Gasteiger partial charge in [-0.15, -0.1) is 0 Å². The largest absolute Gasteiger partial charge is 0.497 e. The molecule has 94 valence electrons. The number of hydrogen-bond donors (Lipinski definition) is 1. The van der Waals surface area contributed by atoms with Crippen molar-refractivity contribution in [2.24, 2.45) is 0 Å². The van der Waals surface area contributed by atoms with Crippen molar-refractivity contribution in [1.82, 2.24) is 5.32 Å². The topological polar surface area (TPSA) is 21.3 Å². The van der Waals surface area contributed by atoms with E-state index in [1.807, 2.05) is 30.3 Å². The maximum atomic E-state index is 13.5. The summed E-state index contributed by atoms with van der Waals surface area (Å²) < 4.78 is 18.6. The molecule has 2 nitrogen and oxygen atoms in total. The molecule has 0 aliphatic rings. The second-order valence-corrected chi connectivity index (χ2v) is 4.05. The lowest BCUT2D eigenvalue weighted by Gasteiger charge is -2.08. The van der Waals surface area contributed by atoms with Gasteiger partial charge in [-0.1, -0.05) is 30.3 Å². The van der Waals surface area contributed by atoms with Crippen molar-refractivity contribution < 1.29 is 9.13 Å². The summed E-state index contributed by atoms with van der Waals surface area (Å²) in [6.45, 7) is 1.20. The average Bonchev–Trinajstić information content (AvgIpc) is 2.42. The van der Waals surface area contributed by atoms with Crippen LogP contribution in [0.25, 0.3) is 0 Å². The Morgan fingerprint density at radius 1 is 1.06 bits per heavy atom. The van der Waals surface area contributed by atoms with Gasteiger partial charge >= 0.3 is 0 Å². The minimum absolute atomic E-state index is 0.212. The van der Waals surface area contributed by atoms with E-state index in [2.05, 4.69) is 5.32 Å². The monoisotopic (exact) mass is 245 g/mol. The molecule has 0 aliphatic heterocycles. The average molecular weight is 245 g/mol. The van der Waals surface area contributed by atoms with Gasteiger partial charge in [-0.2, -0.15) is 0 Å². The zero-order valence-corrected chi connectivity index (χ0v) is 10.3. The Balaban J connectivity index is 1.94. The predicted molar refractivity (Wildman–Crippen MR) is 69.9 cm³/mol. The molecule has 2 aromatic carbocycles. The highest BCUT2D eigenvalue weighted by atomic mass is 19.1. The number of ether oxygens (including phenoxy) is 1. The van der Waals surface area contributed by atoms with Crippen LogP contribution in [-0.2, 0) is 13.1 Å². The highest BCUT2D eigenvalue weighted by Gasteiger charge is 2.03. The SMILES string of the molecule is COc1ccc(F)c(CNCc2ccccc2)c1. The van der Waals surface area contributed by atoms with Crippen LogP contribution < -0.4 is 10.1 Å². The highest BCUT2D eigenvalue weighted by molar-refractivity contribution is 5.29. The lowest BCUT2D eigenvalue weighted by atomic mass is 10.2. The van der Waals surface area contributed by atoms with E-state index in [4.69, 9.17) is 4.74 Å². The molecular weight excluding hydrogens is 229 g/mol. The van der Waals surface area contributed by atoms with Crippen LogP contribution in [0.15, 0.2) is 48.5 Å². The van der Waals surface area contributed by atoms with E-state index in [-0.39, 0.29) is 5.82 Å². The van der Waals surface area contributed by atoms with Crippen molar-refractivity contribution in [3.63, 3.8) is 0 Å². The summed E-state index contributed by atoms with van der Waals surface area (Å²) in [4.78, 5) is 0. The van der Waals surface area contributed by atoms with E-state index >= 15 is 0 Å². The minimum Gasteiger partial charge on any atom is -0.497 e. The van der Waals surface area contributed by atoms with E-state index in [0.29, 0.717) is 17.9 Å². The molecule has 0 bridgehead atoms. The van der Waals surface area contributed by atoms with Crippen LogP contribution in [0, 0.1) is 5.82 Å². The molecule has 0 radical (unpaired) electrons. The van der Waals surface area contributed by atoms with Crippen LogP contribution in [0.1, 0.15) is 11.1 Å². The van der Waals surface area contributed by atoms with Gasteiger partial charge in [0.1, 0.15) is 11.6 Å². The third-order valence-electron chi connectivity index (χ3n) is 2.74. The fourth-order valence-corrected chi connectivity index (χ4v) is 1.75. The Bertz CT molecular complexity index is 499. The van der Waals surface area contributed by atoms with Gasteiger partial charge in [-0.25, -0.2) is 4.39 Å². The van der Waals surface area contributed by atoms with Crippen LogP contribution in [0.3, 0.4) is 0 Å². The molecule has 0 unspecified atom stereocenters. The maximum Gasteiger partial charge on any atom is 0.127 e. The lowest BCUT2D eigenvalue weighted by Crippen LogP contribution is -2.13. The lowest BCUT2D eigenvalue weighted by molar-refractivity contribution is 0.412. The van der Waals surface area contributed by atoms with E-state index in [9.17, 15) is 4.39 Å². The van der Waals surface area contributed by atoms with Gasteiger partial charge in [0.2, 0.25) is 0 Å². The molecule has 0 spiro atoms. The first-order valence-electron chi connectivity index (χ1n) is 5.86. The summed E-state index contributed by atoms with van der Waals surface area (Å²) in [5, 5.41) is 3.21. The second kappa shape index (κ2) is 6.17. The number of methoxy groups -OCH3 is 1. The molecule has 0 saturated heterocycles. The summed E-state index contributed by atoms with van der Waals surface area (Å²) in [6, 6.07) is 14.8. The fourth-order valence-electron chi connectivity index (χ4n) is 1.75. The van der Waals surface area contributed by atoms with E-state index in [0.717, 1.165) is 6.54 Å². The van der Waals surface area contributed by atoms with Gasteiger partial charge in [0.05, 0.1) is 7.11 Å². The molecule has 18 heavy (non-hydrogen) atoms. The van der Waals surface area contributed by atoms with Crippen molar-refractivity contribution in [3.8, 4) is 5.75 Å². The molecule has 0 heterocycles. The number of halogens is 1. The van der Waals surface area contributed by atoms with Crippen LogP contribution in [0.4, 0.5) is 4.39 Å². The fraction of sp³-hybridized carbons (Fsp3) is 0.200. The van der Waals surface area contributed by atoms with Gasteiger partial charge in [0.25, 0.3) is 0 Å². The number of nitrogens with one attached hydrogen (secondary N) is 1. The predicted octanol–water partition coefficient (Wildman–Crippen LogP) is 3.12. The minimum atomic E-state index is -0.212. The van der Waals surface area contributed by atoms with E-state index in [1.165, 1.54) is 11.6 Å². The summed E-state index contributed by atoms with van der Waals surface area (Å²) in [5.74, 6) is 0.462. The van der Waals surface area contributed by atoms with Gasteiger partial charge in [0, 0.05) is 18.7 Å². The number of rotatable bonds is 5. The van der Waals surface area contributed by atoms with Crippen molar-refractivity contribution in [2.45, 2.75) is 13.1 Å². The molecule has 2 aromatic rings. The maximum absolute atomic E-state index is 13.5. The Morgan fingerprint density at radius 2 is 1.83 bits per heavy atom. The van der Waals surface area contributed by atoms with Crippen LogP contribution in [0.2, 0.25) is 0 Å². The van der Waals surface area contributed by atoms with E-state index in [1.54, 1.807) is 19.2 Å². The summed E-state index contributed by atoms with van der Waals surface area (Å²) in [7, 11) is 1.58. The molecule has 3 heteroatoms. The molecule has 0 aliphatic carbocycles. The standard InChI is InChI=1S/C15H16FNO/c1-18-14-7-8-15(16)13(9-14)11-17-10-12-5-3-2-4-6-12/h2-9,17H,10-11H2,1H3. The van der Waals surface area contributed by atoms with Gasteiger partial charge < -0.3 is 10.1 Å². The molecule has 0 saturated carbocycles. The summed E-state index contributed by atoms with van der Waals surface area (Å²) in [6.07, 6.45) is 0. The smallest absolute Gasteiger partial charge is 0.127 e. The van der Waals surface area contributed by atoms with Crippen molar-refractivity contribution in [1.29, 1.82) is 0 Å². The van der Waals surface area contributed by atoms with Crippen LogP contribution in [0.5, 0.6) is 5.75 Å². The number of benzene rings is 2. The van der Waals surface area contributed by atoms with Gasteiger partial charge in [-0.3, -0.25) is 0 Å². The Hall–Kier alpha value is -1.87. The Morgan fingerprint density at radius 3 is 2.56 bits per heavy atom. The second-order valence-electron chi connectivity index (χ2n) is 4.05. The zero-order valence-electron chi connectivity index (χ0n) is 10.3.